The topological polar surface area (TPSA) is 72.6 Å². The van der Waals surface area contributed by atoms with Gasteiger partial charge in [0, 0.05) is 29.8 Å². The number of ether oxygens (including phenoxy) is 1. The number of nitrogens with zero attached hydrogens (tertiary/aromatic N) is 2. The summed E-state index contributed by atoms with van der Waals surface area (Å²) in [5, 5.41) is 3.42. The van der Waals surface area contributed by atoms with E-state index >= 15 is 0 Å². The minimum Gasteiger partial charge on any atom is -0.487 e. The molecule has 0 radical (unpaired) electrons. The Labute approximate surface area is 196 Å². The van der Waals surface area contributed by atoms with Crippen molar-refractivity contribution < 1.29 is 13.9 Å². The van der Waals surface area contributed by atoms with Crippen molar-refractivity contribution in [2.45, 2.75) is 46.6 Å². The summed E-state index contributed by atoms with van der Waals surface area (Å²) in [6.45, 7) is 5.92. The van der Waals surface area contributed by atoms with E-state index in [1.165, 1.54) is 11.3 Å². The molecule has 0 unspecified atom stereocenters. The van der Waals surface area contributed by atoms with Crippen LogP contribution in [0.2, 0.25) is 0 Å². The number of hydrogen-bond acceptors (Lipinski definition) is 6. The zero-order valence-electron chi connectivity index (χ0n) is 19.0. The lowest BCUT2D eigenvalue weighted by molar-refractivity contribution is -0.115. The first-order valence-electron chi connectivity index (χ1n) is 11.0. The van der Waals surface area contributed by atoms with Crippen molar-refractivity contribution in [3.8, 4) is 5.75 Å². The lowest BCUT2D eigenvalue weighted by Crippen LogP contribution is -2.23. The molecule has 4 aromatic rings. The van der Waals surface area contributed by atoms with Crippen molar-refractivity contribution in [3.63, 3.8) is 0 Å². The van der Waals surface area contributed by atoms with Crippen LogP contribution in [0.25, 0.3) is 11.0 Å². The lowest BCUT2D eigenvalue weighted by Gasteiger charge is -2.21. The van der Waals surface area contributed by atoms with Gasteiger partial charge in [-0.3, -0.25) is 9.69 Å². The maximum Gasteiger partial charge on any atom is 0.336 e. The van der Waals surface area contributed by atoms with E-state index in [4.69, 9.17) is 9.15 Å². The van der Waals surface area contributed by atoms with Crippen molar-refractivity contribution in [1.82, 2.24) is 4.98 Å². The quantitative estimate of drug-likeness (QED) is 0.299. The van der Waals surface area contributed by atoms with Gasteiger partial charge in [0.1, 0.15) is 17.9 Å². The third-order valence-corrected chi connectivity index (χ3v) is 6.24. The fraction of sp³-hybridized carbons (Fsp3) is 0.269. The number of benzene rings is 2. The molecule has 1 amide bonds. The first-order valence-corrected chi connectivity index (χ1v) is 11.9. The van der Waals surface area contributed by atoms with E-state index in [0.717, 1.165) is 47.2 Å². The first-order chi connectivity index (χ1) is 16.0. The first kappa shape index (κ1) is 22.7. The van der Waals surface area contributed by atoms with Crippen LogP contribution in [0.15, 0.2) is 63.1 Å². The number of carbonyl (C=O) groups is 1. The Balaban J connectivity index is 1.54. The standard InChI is InChI=1S/C26H26N2O4S/c1-4-8-19-13-25(30)32-24-14-21(11-12-22(19)24)31-15-20-16-33-26(27-20)28(17(3)29)23-10-7-6-9-18(23)5-2/h6-7,9-14,16H,4-5,8,15H2,1-3H3. The predicted octanol–water partition coefficient (Wildman–Crippen LogP) is 6.03. The van der Waals surface area contributed by atoms with Crippen molar-refractivity contribution in [2.24, 2.45) is 0 Å². The molecular weight excluding hydrogens is 436 g/mol. The third kappa shape index (κ3) is 4.98. The van der Waals surface area contributed by atoms with Crippen molar-refractivity contribution >= 4 is 39.0 Å². The monoisotopic (exact) mass is 462 g/mol. The minimum absolute atomic E-state index is 0.0924. The van der Waals surface area contributed by atoms with Gasteiger partial charge in [0.15, 0.2) is 5.13 Å². The van der Waals surface area contributed by atoms with Crippen LogP contribution >= 0.6 is 11.3 Å². The van der Waals surface area contributed by atoms with Crippen LogP contribution in [0.1, 0.15) is 44.0 Å². The van der Waals surface area contributed by atoms with E-state index in [9.17, 15) is 9.59 Å². The zero-order valence-corrected chi connectivity index (χ0v) is 19.8. The van der Waals surface area contributed by atoms with Crippen molar-refractivity contribution in [2.75, 3.05) is 4.90 Å². The molecule has 0 bridgehead atoms. The molecule has 33 heavy (non-hydrogen) atoms. The molecule has 7 heteroatoms. The molecule has 0 aliphatic rings. The number of carbonyl (C=O) groups excluding carboxylic acids is 1. The Bertz CT molecular complexity index is 1340. The fourth-order valence-electron chi connectivity index (χ4n) is 3.83. The summed E-state index contributed by atoms with van der Waals surface area (Å²) in [5.41, 5.74) is 3.79. The molecule has 170 valence electrons. The molecule has 0 spiro atoms. The Kier molecular flexibility index (Phi) is 6.89. The summed E-state index contributed by atoms with van der Waals surface area (Å²) in [6.07, 6.45) is 2.58. The number of thiazole rings is 1. The largest absolute Gasteiger partial charge is 0.487 e. The van der Waals surface area contributed by atoms with Crippen molar-refractivity contribution in [1.29, 1.82) is 0 Å². The van der Waals surface area contributed by atoms with Gasteiger partial charge >= 0.3 is 5.63 Å². The summed E-state index contributed by atoms with van der Waals surface area (Å²) in [5.74, 6) is 0.499. The van der Waals surface area contributed by atoms with Gasteiger partial charge in [-0.15, -0.1) is 11.3 Å². The van der Waals surface area contributed by atoms with Gasteiger partial charge in [0.2, 0.25) is 5.91 Å². The Hall–Kier alpha value is -3.45. The highest BCUT2D eigenvalue weighted by Crippen LogP contribution is 2.32. The van der Waals surface area contributed by atoms with Crippen LogP contribution in [0, 0.1) is 0 Å². The van der Waals surface area contributed by atoms with Crippen LogP contribution in [-0.4, -0.2) is 10.9 Å². The van der Waals surface area contributed by atoms with E-state index in [1.54, 1.807) is 24.0 Å². The summed E-state index contributed by atoms with van der Waals surface area (Å²) in [7, 11) is 0. The Morgan fingerprint density at radius 1 is 1.12 bits per heavy atom. The van der Waals surface area contributed by atoms with Crippen molar-refractivity contribution in [3.05, 3.63) is 81.2 Å². The van der Waals surface area contributed by atoms with Crippen LogP contribution in [0.5, 0.6) is 5.75 Å². The van der Waals surface area contributed by atoms with Gasteiger partial charge < -0.3 is 9.15 Å². The van der Waals surface area contributed by atoms with E-state index in [1.807, 2.05) is 41.8 Å². The van der Waals surface area contributed by atoms with Gasteiger partial charge in [-0.05, 0) is 42.2 Å². The van der Waals surface area contributed by atoms with Crippen LogP contribution in [-0.2, 0) is 24.2 Å². The lowest BCUT2D eigenvalue weighted by atomic mass is 10.1. The van der Waals surface area contributed by atoms with E-state index < -0.39 is 0 Å². The molecule has 0 N–H and O–H groups in total. The van der Waals surface area contributed by atoms with Gasteiger partial charge in [-0.1, -0.05) is 38.5 Å². The highest BCUT2D eigenvalue weighted by atomic mass is 32.1. The second kappa shape index (κ2) is 10.0. The van der Waals surface area contributed by atoms with Gasteiger partial charge in [0.25, 0.3) is 0 Å². The van der Waals surface area contributed by atoms with Gasteiger partial charge in [-0.25, -0.2) is 9.78 Å². The number of hydrogen-bond donors (Lipinski definition) is 0. The smallest absolute Gasteiger partial charge is 0.336 e. The van der Waals surface area contributed by atoms with Crippen LogP contribution in [0.3, 0.4) is 0 Å². The maximum atomic E-state index is 12.5. The highest BCUT2D eigenvalue weighted by molar-refractivity contribution is 7.14. The average Bonchev–Trinajstić information content (AvgIpc) is 3.26. The normalized spacial score (nSPS) is 11.0. The molecule has 0 saturated heterocycles. The average molecular weight is 463 g/mol. The Morgan fingerprint density at radius 2 is 1.94 bits per heavy atom. The maximum absolute atomic E-state index is 12.5. The number of rotatable bonds is 8. The van der Waals surface area contributed by atoms with Crippen LogP contribution < -0.4 is 15.3 Å². The molecule has 0 atom stereocenters. The third-order valence-electron chi connectivity index (χ3n) is 5.37. The minimum atomic E-state index is -0.357. The summed E-state index contributed by atoms with van der Waals surface area (Å²) in [4.78, 5) is 30.6. The molecule has 6 nitrogen and oxygen atoms in total. The molecule has 0 saturated carbocycles. The highest BCUT2D eigenvalue weighted by Gasteiger charge is 2.20. The number of anilines is 2. The number of fused-ring (bicyclic) bond motifs is 1. The van der Waals surface area contributed by atoms with E-state index in [2.05, 4.69) is 18.8 Å². The second-order valence-corrected chi connectivity index (χ2v) is 8.58. The molecule has 2 aromatic heterocycles. The van der Waals surface area contributed by atoms with Gasteiger partial charge in [0.05, 0.1) is 11.4 Å². The fourth-order valence-corrected chi connectivity index (χ4v) is 4.70. The predicted molar refractivity (Wildman–Crippen MR) is 132 cm³/mol. The van der Waals surface area contributed by atoms with E-state index in [-0.39, 0.29) is 18.1 Å². The Morgan fingerprint density at radius 3 is 2.70 bits per heavy atom. The van der Waals surface area contributed by atoms with Gasteiger partial charge in [-0.2, -0.15) is 0 Å². The summed E-state index contributed by atoms with van der Waals surface area (Å²) < 4.78 is 11.3. The molecule has 4 rings (SSSR count). The molecule has 2 aromatic carbocycles. The SMILES string of the molecule is CCCc1cc(=O)oc2cc(OCc3csc(N(C(C)=O)c4ccccc4CC)n3)ccc12. The molecule has 2 heterocycles. The number of aromatic nitrogens is 1. The van der Waals surface area contributed by atoms with E-state index in [0.29, 0.717) is 16.5 Å². The molecule has 0 fully saturated rings. The molecule has 0 aliphatic heterocycles. The summed E-state index contributed by atoms with van der Waals surface area (Å²) >= 11 is 1.40. The number of para-hydroxylation sites is 1. The summed E-state index contributed by atoms with van der Waals surface area (Å²) in [6, 6.07) is 14.9. The second-order valence-electron chi connectivity index (χ2n) is 7.75. The number of amides is 1. The molecule has 0 aliphatic carbocycles. The van der Waals surface area contributed by atoms with Crippen LogP contribution in [0.4, 0.5) is 10.8 Å². The number of aryl methyl sites for hydroxylation is 2. The zero-order chi connectivity index (χ0) is 23.4. The molecular formula is C26H26N2O4S.